The summed E-state index contributed by atoms with van der Waals surface area (Å²) in [6, 6.07) is 12.6. The van der Waals surface area contributed by atoms with Crippen molar-refractivity contribution in [3.05, 3.63) is 81.4 Å². The Hall–Kier alpha value is -3.17. The zero-order chi connectivity index (χ0) is 21.8. The van der Waals surface area contributed by atoms with Crippen LogP contribution in [0.15, 0.2) is 59.4 Å². The van der Waals surface area contributed by atoms with Crippen LogP contribution in [0.4, 0.5) is 13.2 Å². The molecule has 0 saturated carbocycles. The molecule has 3 rings (SSSR count). The van der Waals surface area contributed by atoms with Gasteiger partial charge in [0, 0.05) is 17.1 Å². The summed E-state index contributed by atoms with van der Waals surface area (Å²) in [7, 11) is 0. The third-order valence-electron chi connectivity index (χ3n) is 4.11. The summed E-state index contributed by atoms with van der Waals surface area (Å²) in [4.78, 5) is 25.3. The van der Waals surface area contributed by atoms with Crippen LogP contribution >= 0.6 is 11.6 Å². The largest absolute Gasteiger partial charge is 0.385 e. The van der Waals surface area contributed by atoms with Crippen LogP contribution in [0.5, 0.6) is 0 Å². The number of hydrogen-bond donors (Lipinski definition) is 2. The Morgan fingerprint density at radius 1 is 1.17 bits per heavy atom. The normalized spacial score (nSPS) is 12.1. The molecule has 0 radical (unpaired) electrons. The smallest absolute Gasteiger partial charge is 0.284 e. The van der Waals surface area contributed by atoms with E-state index in [9.17, 15) is 27.9 Å². The van der Waals surface area contributed by atoms with E-state index in [4.69, 9.17) is 11.6 Å². The van der Waals surface area contributed by atoms with Crippen LogP contribution in [0, 0.1) is 5.82 Å². The highest BCUT2D eigenvalue weighted by atomic mass is 35.5. The summed E-state index contributed by atoms with van der Waals surface area (Å²) in [5.41, 5.74) is -0.540. The zero-order valence-electron chi connectivity index (χ0n) is 15.2. The first-order chi connectivity index (χ1) is 14.3. The van der Waals surface area contributed by atoms with Gasteiger partial charge in [0.05, 0.1) is 11.4 Å². The number of rotatable bonds is 6. The third kappa shape index (κ3) is 4.87. The first kappa shape index (κ1) is 21.5. The van der Waals surface area contributed by atoms with E-state index in [0.29, 0.717) is 10.6 Å². The minimum absolute atomic E-state index is 0.0671. The van der Waals surface area contributed by atoms with Gasteiger partial charge in [-0.05, 0) is 36.4 Å². The van der Waals surface area contributed by atoms with Crippen LogP contribution in [0.3, 0.4) is 0 Å². The molecule has 0 aliphatic carbocycles. The maximum Gasteiger partial charge on any atom is 0.284 e. The van der Waals surface area contributed by atoms with E-state index in [-0.39, 0.29) is 11.4 Å². The lowest BCUT2D eigenvalue weighted by molar-refractivity contribution is -0.00271. The molecule has 1 atom stereocenters. The number of aliphatic hydroxyl groups is 1. The van der Waals surface area contributed by atoms with E-state index in [1.165, 1.54) is 24.3 Å². The number of carbonyl (C=O) groups is 1. The first-order valence-corrected chi connectivity index (χ1v) is 9.04. The number of nitrogens with one attached hydrogen (secondary N) is 1. The van der Waals surface area contributed by atoms with Crippen LogP contribution in [0.2, 0.25) is 5.02 Å². The molecule has 0 bridgehead atoms. The number of benzene rings is 2. The van der Waals surface area contributed by atoms with Gasteiger partial charge in [-0.2, -0.15) is 9.78 Å². The Kier molecular flexibility index (Phi) is 6.53. The fraction of sp³-hybridized carbons (Fsp3) is 0.150. The van der Waals surface area contributed by atoms with E-state index >= 15 is 0 Å². The molecule has 1 amide bonds. The monoisotopic (exact) mass is 437 g/mol. The van der Waals surface area contributed by atoms with Gasteiger partial charge in [-0.1, -0.05) is 29.8 Å². The second-order valence-electron chi connectivity index (χ2n) is 6.26. The molecule has 6 nitrogen and oxygen atoms in total. The summed E-state index contributed by atoms with van der Waals surface area (Å²) < 4.78 is 39.5. The van der Waals surface area contributed by atoms with Gasteiger partial charge in [0.25, 0.3) is 17.9 Å². The Labute approximate surface area is 173 Å². The standard InChI is InChI=1S/C20H15ClF3N3O3/c21-12-6-4-11(5-7-12)16-9-15(19(29)25-10-17(28)18(23)24)20(30)27(26-16)14-3-1-2-13(22)8-14/h1-9,17-18,28H,10H2,(H,25,29)/t17-/m1/s1. The van der Waals surface area contributed by atoms with E-state index in [1.54, 1.807) is 24.3 Å². The molecule has 0 spiro atoms. The van der Waals surface area contributed by atoms with Crippen molar-refractivity contribution in [2.24, 2.45) is 0 Å². The molecule has 2 N–H and O–H groups in total. The summed E-state index contributed by atoms with van der Waals surface area (Å²) in [5.74, 6) is -1.60. The van der Waals surface area contributed by atoms with Gasteiger partial charge in [0.1, 0.15) is 17.5 Å². The minimum atomic E-state index is -3.06. The summed E-state index contributed by atoms with van der Waals surface area (Å²) >= 11 is 5.88. The number of alkyl halides is 2. The van der Waals surface area contributed by atoms with Crippen molar-refractivity contribution in [3.63, 3.8) is 0 Å². The van der Waals surface area contributed by atoms with Crippen molar-refractivity contribution < 1.29 is 23.1 Å². The van der Waals surface area contributed by atoms with Gasteiger partial charge >= 0.3 is 0 Å². The SMILES string of the molecule is O=C(NC[C@@H](O)C(F)F)c1cc(-c2ccc(Cl)cc2)nn(-c2cccc(F)c2)c1=O. The Morgan fingerprint density at radius 2 is 1.87 bits per heavy atom. The quantitative estimate of drug-likeness (QED) is 0.621. The highest BCUT2D eigenvalue weighted by Gasteiger charge is 2.21. The zero-order valence-corrected chi connectivity index (χ0v) is 16.0. The molecule has 1 aromatic heterocycles. The highest BCUT2D eigenvalue weighted by molar-refractivity contribution is 6.30. The molecule has 3 aromatic rings. The van der Waals surface area contributed by atoms with Crippen molar-refractivity contribution in [3.8, 4) is 16.9 Å². The van der Waals surface area contributed by atoms with Crippen molar-refractivity contribution in [1.29, 1.82) is 0 Å². The number of hydrogen-bond acceptors (Lipinski definition) is 4. The van der Waals surface area contributed by atoms with E-state index < -0.39 is 41.9 Å². The topological polar surface area (TPSA) is 84.2 Å². The molecule has 0 unspecified atom stereocenters. The molecular weight excluding hydrogens is 423 g/mol. The van der Waals surface area contributed by atoms with Crippen molar-refractivity contribution in [2.45, 2.75) is 12.5 Å². The van der Waals surface area contributed by atoms with Crippen LogP contribution in [0.1, 0.15) is 10.4 Å². The van der Waals surface area contributed by atoms with Gasteiger partial charge < -0.3 is 10.4 Å². The van der Waals surface area contributed by atoms with Gasteiger partial charge in [-0.15, -0.1) is 0 Å². The predicted molar refractivity (Wildman–Crippen MR) is 105 cm³/mol. The molecule has 0 aliphatic rings. The number of halogens is 4. The number of nitrogens with zero attached hydrogens (tertiary/aromatic N) is 2. The average Bonchev–Trinajstić information content (AvgIpc) is 2.72. The van der Waals surface area contributed by atoms with Crippen molar-refractivity contribution in [1.82, 2.24) is 15.1 Å². The first-order valence-electron chi connectivity index (χ1n) is 8.67. The molecule has 0 fully saturated rings. The minimum Gasteiger partial charge on any atom is -0.385 e. The van der Waals surface area contributed by atoms with Crippen LogP contribution in [0.25, 0.3) is 16.9 Å². The molecule has 2 aromatic carbocycles. The summed E-state index contributed by atoms with van der Waals surface area (Å²) in [5, 5.41) is 15.9. The Bertz CT molecular complexity index is 1120. The van der Waals surface area contributed by atoms with Crippen molar-refractivity contribution >= 4 is 17.5 Å². The van der Waals surface area contributed by atoms with Crippen LogP contribution in [-0.2, 0) is 0 Å². The number of aromatic nitrogens is 2. The van der Waals surface area contributed by atoms with Gasteiger partial charge in [-0.3, -0.25) is 9.59 Å². The van der Waals surface area contributed by atoms with E-state index in [0.717, 1.165) is 10.7 Å². The molecule has 1 heterocycles. The molecule has 30 heavy (non-hydrogen) atoms. The van der Waals surface area contributed by atoms with Crippen LogP contribution < -0.4 is 10.9 Å². The maximum absolute atomic E-state index is 13.7. The summed E-state index contributed by atoms with van der Waals surface area (Å²) in [6.07, 6.45) is -5.15. The van der Waals surface area contributed by atoms with Gasteiger partial charge in [0.15, 0.2) is 0 Å². The fourth-order valence-corrected chi connectivity index (χ4v) is 2.71. The molecule has 0 saturated heterocycles. The third-order valence-corrected chi connectivity index (χ3v) is 4.36. The summed E-state index contributed by atoms with van der Waals surface area (Å²) in [6.45, 7) is -0.755. The average molecular weight is 438 g/mol. The molecule has 156 valence electrons. The lowest BCUT2D eigenvalue weighted by Gasteiger charge is -2.13. The van der Waals surface area contributed by atoms with Gasteiger partial charge in [-0.25, -0.2) is 13.2 Å². The maximum atomic E-state index is 13.7. The number of amides is 1. The molecule has 0 aliphatic heterocycles. The predicted octanol–water partition coefficient (Wildman–Crippen LogP) is 3.05. The lowest BCUT2D eigenvalue weighted by atomic mass is 10.1. The second-order valence-corrected chi connectivity index (χ2v) is 6.70. The fourth-order valence-electron chi connectivity index (χ4n) is 2.58. The van der Waals surface area contributed by atoms with E-state index in [1.807, 2.05) is 0 Å². The van der Waals surface area contributed by atoms with E-state index in [2.05, 4.69) is 10.4 Å². The highest BCUT2D eigenvalue weighted by Crippen LogP contribution is 2.20. The van der Waals surface area contributed by atoms with Gasteiger partial charge in [0.2, 0.25) is 0 Å². The molecule has 10 heteroatoms. The Balaban J connectivity index is 2.10. The number of aliphatic hydroxyl groups excluding tert-OH is 1. The molecular formula is C20H15ClF3N3O3. The lowest BCUT2D eigenvalue weighted by Crippen LogP contribution is -2.39. The van der Waals surface area contributed by atoms with Crippen LogP contribution in [-0.4, -0.2) is 39.9 Å². The number of carbonyl (C=O) groups excluding carboxylic acids is 1. The second kappa shape index (κ2) is 9.10. The Morgan fingerprint density at radius 3 is 2.50 bits per heavy atom. The van der Waals surface area contributed by atoms with Crippen molar-refractivity contribution in [2.75, 3.05) is 6.54 Å².